The Morgan fingerprint density at radius 3 is 1.97 bits per heavy atom. The molecule has 1 amide bonds. The highest BCUT2D eigenvalue weighted by Crippen LogP contribution is 2.30. The second-order valence-electron chi connectivity index (χ2n) is 7.83. The summed E-state index contributed by atoms with van der Waals surface area (Å²) in [6.45, 7) is 2.16. The number of nitrogens with one attached hydrogen (secondary N) is 1. The van der Waals surface area contributed by atoms with Crippen molar-refractivity contribution < 1.29 is 13.2 Å². The lowest BCUT2D eigenvalue weighted by atomic mass is 10.1. The van der Waals surface area contributed by atoms with E-state index < -0.39 is 10.0 Å². The van der Waals surface area contributed by atoms with Gasteiger partial charge >= 0.3 is 0 Å². The van der Waals surface area contributed by atoms with Gasteiger partial charge in [0.25, 0.3) is 15.9 Å². The fourth-order valence-corrected chi connectivity index (χ4v) is 5.17. The quantitative estimate of drug-likeness (QED) is 0.349. The normalized spacial score (nSPS) is 11.1. The van der Waals surface area contributed by atoms with Crippen molar-refractivity contribution in [3.63, 3.8) is 0 Å². The zero-order valence-electron chi connectivity index (χ0n) is 18.9. The molecule has 4 rings (SSSR count). The molecule has 0 aliphatic rings. The summed E-state index contributed by atoms with van der Waals surface area (Å²) >= 11 is 0. The number of para-hydroxylation sites is 1. The molecule has 0 fully saturated rings. The largest absolute Gasteiger partial charge is 0.322 e. The summed E-state index contributed by atoms with van der Waals surface area (Å²) in [5, 5.41) is 2.90. The first-order valence-electron chi connectivity index (χ1n) is 11.1. The Labute approximate surface area is 200 Å². The predicted octanol–water partition coefficient (Wildman–Crippen LogP) is 5.90. The number of anilines is 2. The minimum absolute atomic E-state index is 0.0908. The standard InChI is InChI=1S/C28H26N2O3S/c1-2-22-17-19-24(20-18-22)29-28(31)26-15-9-10-16-27(26)30(21-23-11-5-3-6-12-23)34(32,33)25-13-7-4-8-14-25/h3-20H,2,21H2,1H3,(H,29,31). The first-order valence-corrected chi connectivity index (χ1v) is 12.5. The number of carbonyl (C=O) groups is 1. The van der Waals surface area contributed by atoms with Crippen LogP contribution in [0.15, 0.2) is 114 Å². The van der Waals surface area contributed by atoms with Gasteiger partial charge in [-0.3, -0.25) is 9.10 Å². The lowest BCUT2D eigenvalue weighted by Crippen LogP contribution is -2.32. The highest BCUT2D eigenvalue weighted by atomic mass is 32.2. The summed E-state index contributed by atoms with van der Waals surface area (Å²) in [5.74, 6) is -0.374. The zero-order chi connectivity index (χ0) is 24.0. The highest BCUT2D eigenvalue weighted by molar-refractivity contribution is 7.92. The molecule has 0 saturated carbocycles. The van der Waals surface area contributed by atoms with Gasteiger partial charge < -0.3 is 5.32 Å². The third kappa shape index (κ3) is 5.18. The van der Waals surface area contributed by atoms with Crippen LogP contribution in [0.25, 0.3) is 0 Å². The van der Waals surface area contributed by atoms with Crippen molar-refractivity contribution in [1.29, 1.82) is 0 Å². The van der Waals surface area contributed by atoms with Crippen LogP contribution in [0, 0.1) is 0 Å². The summed E-state index contributed by atoms with van der Waals surface area (Å²) < 4.78 is 28.8. The number of aryl methyl sites for hydroxylation is 1. The molecular weight excluding hydrogens is 444 g/mol. The van der Waals surface area contributed by atoms with Crippen LogP contribution < -0.4 is 9.62 Å². The van der Waals surface area contributed by atoms with Gasteiger partial charge in [0.1, 0.15) is 0 Å². The number of sulfonamides is 1. The third-order valence-electron chi connectivity index (χ3n) is 5.54. The van der Waals surface area contributed by atoms with E-state index in [0.717, 1.165) is 12.0 Å². The van der Waals surface area contributed by atoms with Gasteiger partial charge in [-0.15, -0.1) is 0 Å². The molecule has 0 aliphatic carbocycles. The Morgan fingerprint density at radius 1 is 0.735 bits per heavy atom. The molecule has 0 saturated heterocycles. The summed E-state index contributed by atoms with van der Waals surface area (Å²) in [5.41, 5.74) is 3.22. The molecule has 5 nitrogen and oxygen atoms in total. The molecule has 34 heavy (non-hydrogen) atoms. The fourth-order valence-electron chi connectivity index (χ4n) is 3.67. The Morgan fingerprint density at radius 2 is 1.32 bits per heavy atom. The van der Waals surface area contributed by atoms with Gasteiger partial charge in [-0.2, -0.15) is 0 Å². The summed E-state index contributed by atoms with van der Waals surface area (Å²) in [7, 11) is -3.94. The molecule has 0 radical (unpaired) electrons. The number of hydrogen-bond donors (Lipinski definition) is 1. The SMILES string of the molecule is CCc1ccc(NC(=O)c2ccccc2N(Cc2ccccc2)S(=O)(=O)c2ccccc2)cc1. The molecule has 6 heteroatoms. The number of carbonyl (C=O) groups excluding carboxylic acids is 1. The minimum Gasteiger partial charge on any atom is -0.322 e. The van der Waals surface area contributed by atoms with E-state index in [-0.39, 0.29) is 22.9 Å². The lowest BCUT2D eigenvalue weighted by molar-refractivity contribution is 0.102. The van der Waals surface area contributed by atoms with E-state index >= 15 is 0 Å². The molecular formula is C28H26N2O3S. The molecule has 0 spiro atoms. The first kappa shape index (κ1) is 23.3. The molecule has 1 N–H and O–H groups in total. The number of rotatable bonds is 8. The van der Waals surface area contributed by atoms with E-state index in [0.29, 0.717) is 11.4 Å². The zero-order valence-corrected chi connectivity index (χ0v) is 19.7. The van der Waals surface area contributed by atoms with Gasteiger partial charge in [-0.05, 0) is 53.9 Å². The maximum Gasteiger partial charge on any atom is 0.264 e. The van der Waals surface area contributed by atoms with E-state index in [9.17, 15) is 13.2 Å². The first-order chi connectivity index (χ1) is 16.5. The molecule has 0 unspecified atom stereocenters. The monoisotopic (exact) mass is 470 g/mol. The second kappa shape index (κ2) is 10.4. The van der Waals surface area contributed by atoms with E-state index in [1.165, 1.54) is 9.87 Å². The Kier molecular flexibility index (Phi) is 7.09. The minimum atomic E-state index is -3.94. The molecule has 0 aliphatic heterocycles. The van der Waals surface area contributed by atoms with E-state index in [1.54, 1.807) is 54.6 Å². The number of nitrogens with zero attached hydrogens (tertiary/aromatic N) is 1. The van der Waals surface area contributed by atoms with Gasteiger partial charge in [0.05, 0.1) is 22.7 Å². The second-order valence-corrected chi connectivity index (χ2v) is 9.69. The van der Waals surface area contributed by atoms with Gasteiger partial charge in [-0.1, -0.05) is 79.7 Å². The fraction of sp³-hybridized carbons (Fsp3) is 0.107. The summed E-state index contributed by atoms with van der Waals surface area (Å²) in [4.78, 5) is 13.4. The van der Waals surface area contributed by atoms with Crippen molar-refractivity contribution in [3.8, 4) is 0 Å². The smallest absolute Gasteiger partial charge is 0.264 e. The lowest BCUT2D eigenvalue weighted by Gasteiger charge is -2.26. The van der Waals surface area contributed by atoms with Crippen LogP contribution >= 0.6 is 0 Å². The molecule has 0 atom stereocenters. The topological polar surface area (TPSA) is 66.5 Å². The highest BCUT2D eigenvalue weighted by Gasteiger charge is 2.28. The third-order valence-corrected chi connectivity index (χ3v) is 7.31. The van der Waals surface area contributed by atoms with Crippen LogP contribution in [0.4, 0.5) is 11.4 Å². The average Bonchev–Trinajstić information content (AvgIpc) is 2.89. The Balaban J connectivity index is 1.75. The van der Waals surface area contributed by atoms with Crippen molar-refractivity contribution in [3.05, 3.63) is 126 Å². The number of benzene rings is 4. The van der Waals surface area contributed by atoms with Gasteiger partial charge in [0, 0.05) is 5.69 Å². The molecule has 0 aromatic heterocycles. The van der Waals surface area contributed by atoms with Crippen molar-refractivity contribution in [1.82, 2.24) is 0 Å². The summed E-state index contributed by atoms with van der Waals surface area (Å²) in [6, 6.07) is 32.0. The molecule has 4 aromatic carbocycles. The van der Waals surface area contributed by atoms with Crippen molar-refractivity contribution in [2.24, 2.45) is 0 Å². The van der Waals surface area contributed by atoms with Crippen LogP contribution in [0.1, 0.15) is 28.4 Å². The Hall–Kier alpha value is -3.90. The van der Waals surface area contributed by atoms with E-state index in [1.807, 2.05) is 54.6 Å². The van der Waals surface area contributed by atoms with Crippen molar-refractivity contribution in [2.75, 3.05) is 9.62 Å². The predicted molar refractivity (Wildman–Crippen MR) is 136 cm³/mol. The molecule has 172 valence electrons. The summed E-state index contributed by atoms with van der Waals surface area (Å²) in [6.07, 6.45) is 0.906. The number of amides is 1. The molecule has 0 heterocycles. The van der Waals surface area contributed by atoms with Gasteiger partial charge in [0.15, 0.2) is 0 Å². The van der Waals surface area contributed by atoms with Crippen LogP contribution in [0.5, 0.6) is 0 Å². The molecule has 4 aromatic rings. The Bertz CT molecular complexity index is 1350. The number of hydrogen-bond acceptors (Lipinski definition) is 3. The van der Waals surface area contributed by atoms with Gasteiger partial charge in [-0.25, -0.2) is 8.42 Å². The van der Waals surface area contributed by atoms with Crippen molar-refractivity contribution in [2.45, 2.75) is 24.8 Å². The average molecular weight is 471 g/mol. The maximum absolute atomic E-state index is 13.7. The van der Waals surface area contributed by atoms with Crippen LogP contribution in [0.3, 0.4) is 0 Å². The van der Waals surface area contributed by atoms with Gasteiger partial charge in [0.2, 0.25) is 0 Å². The van der Waals surface area contributed by atoms with E-state index in [4.69, 9.17) is 0 Å². The van der Waals surface area contributed by atoms with Crippen molar-refractivity contribution >= 4 is 27.3 Å². The molecule has 0 bridgehead atoms. The van der Waals surface area contributed by atoms with E-state index in [2.05, 4.69) is 12.2 Å². The van der Waals surface area contributed by atoms with Crippen LogP contribution in [0.2, 0.25) is 0 Å². The van der Waals surface area contributed by atoms with Crippen LogP contribution in [-0.2, 0) is 23.0 Å². The maximum atomic E-state index is 13.7. The van der Waals surface area contributed by atoms with Crippen LogP contribution in [-0.4, -0.2) is 14.3 Å².